The number of alkyl halides is 4. The van der Waals surface area contributed by atoms with Gasteiger partial charge in [0.05, 0.1) is 11.3 Å². The van der Waals surface area contributed by atoms with E-state index in [9.17, 15) is 26.6 Å². The van der Waals surface area contributed by atoms with Crippen LogP contribution in [0.5, 0.6) is 5.75 Å². The first kappa shape index (κ1) is 22.7. The number of rotatable bonds is 7. The quantitative estimate of drug-likeness (QED) is 0.586. The number of hydrogen-bond acceptors (Lipinski definition) is 7. The molecule has 3 heterocycles. The van der Waals surface area contributed by atoms with Gasteiger partial charge in [-0.3, -0.25) is 14.5 Å². The summed E-state index contributed by atoms with van der Waals surface area (Å²) < 4.78 is 69.5. The highest BCUT2D eigenvalue weighted by atomic mass is 32.2. The van der Waals surface area contributed by atoms with Crippen molar-refractivity contribution in [3.8, 4) is 17.0 Å². The lowest BCUT2D eigenvalue weighted by atomic mass is 10.1. The number of carbonyl (C=O) groups excluding carboxylic acids is 1. The number of hydrogen-bond donors (Lipinski definition) is 2. The predicted molar refractivity (Wildman–Crippen MR) is 111 cm³/mol. The minimum Gasteiger partial charge on any atom is -0.434 e. The fourth-order valence-corrected chi connectivity index (χ4v) is 3.89. The number of amides is 1. The topological polar surface area (TPSA) is 101 Å². The zero-order chi connectivity index (χ0) is 23.7. The maximum Gasteiger partial charge on any atom is 0.387 e. The predicted octanol–water partition coefficient (Wildman–Crippen LogP) is 2.59. The van der Waals surface area contributed by atoms with Crippen molar-refractivity contribution < 1.29 is 31.3 Å². The molecule has 9 nitrogen and oxygen atoms in total. The molecule has 0 bridgehead atoms. The number of halogens is 4. The molecule has 1 aromatic carbocycles. The molecule has 0 saturated carbocycles. The number of ether oxygens (including phenoxy) is 1. The lowest BCUT2D eigenvalue weighted by Gasteiger charge is -2.15. The number of aryl methyl sites for hydroxylation is 1. The minimum absolute atomic E-state index is 0.0323. The van der Waals surface area contributed by atoms with Crippen LogP contribution in [-0.2, 0) is 22.6 Å². The van der Waals surface area contributed by atoms with E-state index in [1.165, 1.54) is 24.1 Å². The third-order valence-corrected chi connectivity index (χ3v) is 5.65. The molecule has 0 aliphatic carbocycles. The van der Waals surface area contributed by atoms with Crippen molar-refractivity contribution in [3.63, 3.8) is 0 Å². The van der Waals surface area contributed by atoms with E-state index in [2.05, 4.69) is 25.6 Å². The largest absolute Gasteiger partial charge is 0.434 e. The van der Waals surface area contributed by atoms with Gasteiger partial charge in [0.15, 0.2) is 5.82 Å². The molecule has 0 radical (unpaired) electrons. The third-order valence-electron chi connectivity index (χ3n) is 4.61. The Morgan fingerprint density at radius 3 is 2.82 bits per heavy atom. The van der Waals surface area contributed by atoms with E-state index in [1.54, 1.807) is 17.3 Å². The maximum atomic E-state index is 13.0. The molecule has 2 aromatic rings. The normalized spacial score (nSPS) is 16.0. The van der Waals surface area contributed by atoms with E-state index in [-0.39, 0.29) is 34.1 Å². The Balaban J connectivity index is 1.73. The van der Waals surface area contributed by atoms with Gasteiger partial charge in [0.1, 0.15) is 22.2 Å². The van der Waals surface area contributed by atoms with E-state index in [4.69, 9.17) is 0 Å². The van der Waals surface area contributed by atoms with Gasteiger partial charge in [-0.1, -0.05) is 0 Å². The van der Waals surface area contributed by atoms with Crippen molar-refractivity contribution in [2.24, 2.45) is 12.0 Å². The Kier molecular flexibility index (Phi) is 6.29. The van der Waals surface area contributed by atoms with Crippen LogP contribution in [0.1, 0.15) is 0 Å². The first-order valence-corrected chi connectivity index (χ1v) is 10.6. The van der Waals surface area contributed by atoms with Crippen LogP contribution in [0, 0.1) is 0 Å². The van der Waals surface area contributed by atoms with Crippen molar-refractivity contribution in [1.82, 2.24) is 20.2 Å². The smallest absolute Gasteiger partial charge is 0.387 e. The van der Waals surface area contributed by atoms with Crippen LogP contribution in [0.4, 0.5) is 23.2 Å². The molecule has 0 fully saturated rings. The molecule has 2 aliphatic heterocycles. The van der Waals surface area contributed by atoms with Gasteiger partial charge in [0.2, 0.25) is 0 Å². The van der Waals surface area contributed by atoms with Crippen LogP contribution in [0.15, 0.2) is 58.0 Å². The molecule has 1 aromatic heterocycles. The number of anilines is 1. The highest BCUT2D eigenvalue weighted by molar-refractivity contribution is 7.85. The zero-order valence-corrected chi connectivity index (χ0v) is 17.7. The Morgan fingerprint density at radius 1 is 1.30 bits per heavy atom. The number of carbonyl (C=O) groups is 1. The molecule has 1 unspecified atom stereocenters. The summed E-state index contributed by atoms with van der Waals surface area (Å²) >= 11 is 0. The molecule has 0 spiro atoms. The number of allylic oxidation sites excluding steroid dienone is 1. The number of aromatic nitrogens is 2. The molecule has 4 rings (SSSR count). The standard InChI is InChI=1S/C19H16F4N6O3S/c1-28-9-13(26-17(30)12-8-25-29-6-2-5-24-16(12)29)15(27-28)11-7-10(33(31)19(22)23)3-4-14(11)32-18(20)21/h2-7,9,18-19,25H,8H2,1H3,(H,26,30). The summed E-state index contributed by atoms with van der Waals surface area (Å²) in [6.07, 6.45) is 6.29. The van der Waals surface area contributed by atoms with Gasteiger partial charge in [-0.25, -0.2) is 14.6 Å². The van der Waals surface area contributed by atoms with E-state index in [0.717, 1.165) is 18.2 Å². The Morgan fingerprint density at radius 2 is 2.09 bits per heavy atom. The molecule has 2 aliphatic rings. The fraction of sp³-hybridized carbons (Fsp3) is 0.211. The van der Waals surface area contributed by atoms with Gasteiger partial charge < -0.3 is 10.1 Å². The monoisotopic (exact) mass is 484 g/mol. The van der Waals surface area contributed by atoms with Gasteiger partial charge in [0, 0.05) is 42.7 Å². The van der Waals surface area contributed by atoms with Crippen molar-refractivity contribution >= 4 is 28.6 Å². The van der Waals surface area contributed by atoms with E-state index >= 15 is 0 Å². The number of benzene rings is 1. The summed E-state index contributed by atoms with van der Waals surface area (Å²) in [5.41, 5.74) is 3.19. The van der Waals surface area contributed by atoms with Gasteiger partial charge >= 0.3 is 12.4 Å². The first-order chi connectivity index (χ1) is 15.7. The van der Waals surface area contributed by atoms with Crippen LogP contribution in [0.3, 0.4) is 0 Å². The lowest BCUT2D eigenvalue weighted by Crippen LogP contribution is -2.27. The van der Waals surface area contributed by atoms with Crippen LogP contribution in [0.25, 0.3) is 11.3 Å². The van der Waals surface area contributed by atoms with Crippen molar-refractivity contribution in [2.75, 3.05) is 11.9 Å². The second-order valence-electron chi connectivity index (χ2n) is 6.74. The Hall–Kier alpha value is -3.52. The Labute approximate surface area is 186 Å². The SMILES string of the molecule is Cn1cc(NC(=O)C2=C3N=CC=CN3NC2)c(-c2cc(S(=O)C(F)F)ccc2OC(F)F)n1. The second kappa shape index (κ2) is 9.15. The summed E-state index contributed by atoms with van der Waals surface area (Å²) in [6, 6.07) is 3.03. The molecule has 0 saturated heterocycles. The van der Waals surface area contributed by atoms with E-state index in [1.807, 2.05) is 0 Å². The number of nitrogens with zero attached hydrogens (tertiary/aromatic N) is 4. The van der Waals surface area contributed by atoms with Gasteiger partial charge in [0.25, 0.3) is 5.91 Å². The van der Waals surface area contributed by atoms with E-state index in [0.29, 0.717) is 11.4 Å². The molecule has 14 heteroatoms. The summed E-state index contributed by atoms with van der Waals surface area (Å²) in [5, 5.41) is 8.37. The summed E-state index contributed by atoms with van der Waals surface area (Å²) in [4.78, 5) is 16.8. The van der Waals surface area contributed by atoms with Crippen LogP contribution < -0.4 is 15.5 Å². The van der Waals surface area contributed by atoms with Crippen LogP contribution in [-0.4, -0.2) is 50.0 Å². The molecule has 2 N–H and O–H groups in total. The highest BCUT2D eigenvalue weighted by Crippen LogP contribution is 2.37. The lowest BCUT2D eigenvalue weighted by molar-refractivity contribution is -0.112. The molecule has 33 heavy (non-hydrogen) atoms. The second-order valence-corrected chi connectivity index (χ2v) is 8.16. The minimum atomic E-state index is -3.21. The molecular weight excluding hydrogens is 468 g/mol. The van der Waals surface area contributed by atoms with Crippen molar-refractivity contribution in [3.05, 3.63) is 48.1 Å². The van der Waals surface area contributed by atoms with Gasteiger partial charge in [-0.2, -0.15) is 22.7 Å². The highest BCUT2D eigenvalue weighted by Gasteiger charge is 2.28. The van der Waals surface area contributed by atoms with Gasteiger partial charge in [-0.15, -0.1) is 0 Å². The summed E-state index contributed by atoms with van der Waals surface area (Å²) in [5.74, 6) is -3.72. The van der Waals surface area contributed by atoms with Gasteiger partial charge in [-0.05, 0) is 24.3 Å². The average Bonchev–Trinajstić information content (AvgIpc) is 3.36. The van der Waals surface area contributed by atoms with Crippen molar-refractivity contribution in [1.29, 1.82) is 0 Å². The molecule has 1 atom stereocenters. The van der Waals surface area contributed by atoms with Crippen molar-refractivity contribution in [2.45, 2.75) is 17.3 Å². The summed E-state index contributed by atoms with van der Waals surface area (Å²) in [7, 11) is -1.18. The molecular formula is C19H16F4N6O3S. The Bertz CT molecular complexity index is 1210. The average molecular weight is 484 g/mol. The van der Waals surface area contributed by atoms with Crippen LogP contribution in [0.2, 0.25) is 0 Å². The number of fused-ring (bicyclic) bond motifs is 1. The van der Waals surface area contributed by atoms with Crippen LogP contribution >= 0.6 is 0 Å². The number of aliphatic imine (C=N–C) groups is 1. The number of hydrazine groups is 1. The fourth-order valence-electron chi connectivity index (χ4n) is 3.24. The first-order valence-electron chi connectivity index (χ1n) is 9.34. The summed E-state index contributed by atoms with van der Waals surface area (Å²) in [6.45, 7) is -3.03. The molecule has 1 amide bonds. The van der Waals surface area contributed by atoms with E-state index < -0.39 is 29.1 Å². The third kappa shape index (κ3) is 4.66. The zero-order valence-electron chi connectivity index (χ0n) is 16.8. The molecule has 174 valence electrons. The maximum absolute atomic E-state index is 13.0. The number of nitrogens with one attached hydrogen (secondary N) is 2.